The number of nitrogens with one attached hydrogen (secondary N) is 1. The molecule has 1 aliphatic heterocycles. The van der Waals surface area contributed by atoms with Crippen LogP contribution in [0.15, 0.2) is 0 Å². The zero-order valence-electron chi connectivity index (χ0n) is 12.4. The fourth-order valence-electron chi connectivity index (χ4n) is 2.54. The molecular weight excluding hydrogens is 258 g/mol. The van der Waals surface area contributed by atoms with E-state index in [0.717, 1.165) is 0 Å². The van der Waals surface area contributed by atoms with Gasteiger partial charge in [-0.2, -0.15) is 0 Å². The fourth-order valence-corrected chi connectivity index (χ4v) is 3.90. The summed E-state index contributed by atoms with van der Waals surface area (Å²) < 4.78 is 0. The Bertz CT molecular complexity index is 261. The predicted molar refractivity (Wildman–Crippen MR) is 82.6 cm³/mol. The summed E-state index contributed by atoms with van der Waals surface area (Å²) in [7, 11) is 0. The third-order valence-corrected chi connectivity index (χ3v) is 5.37. The summed E-state index contributed by atoms with van der Waals surface area (Å²) in [5.41, 5.74) is 0. The van der Waals surface area contributed by atoms with E-state index >= 15 is 0 Å². The molecule has 19 heavy (non-hydrogen) atoms. The normalized spacial score (nSPS) is 24.5. The molecule has 1 saturated heterocycles. The van der Waals surface area contributed by atoms with Crippen LogP contribution in [0.5, 0.6) is 0 Å². The Hall–Kier alpha value is -0.220. The predicted octanol–water partition coefficient (Wildman–Crippen LogP) is 3.88. The molecule has 0 radical (unpaired) electrons. The number of hydrogen-bond acceptors (Lipinski definition) is 3. The monoisotopic (exact) mass is 287 g/mol. The van der Waals surface area contributed by atoms with E-state index in [1.165, 1.54) is 51.4 Å². The maximum Gasteiger partial charge on any atom is 0.321 e. The molecule has 1 fully saturated rings. The lowest BCUT2D eigenvalue weighted by atomic mass is 10.0. The van der Waals surface area contributed by atoms with Gasteiger partial charge in [0.25, 0.3) is 0 Å². The average molecular weight is 287 g/mol. The Kier molecular flexibility index (Phi) is 8.55. The van der Waals surface area contributed by atoms with E-state index in [1.54, 1.807) is 11.8 Å². The van der Waals surface area contributed by atoms with Crippen LogP contribution in [-0.2, 0) is 4.79 Å². The van der Waals surface area contributed by atoms with Crippen LogP contribution in [0.25, 0.3) is 0 Å². The van der Waals surface area contributed by atoms with Crippen LogP contribution in [0.1, 0.15) is 65.2 Å². The maximum atomic E-state index is 10.9. The molecule has 0 aromatic carbocycles. The number of carbonyl (C=O) groups is 1. The molecule has 3 nitrogen and oxygen atoms in total. The Balaban J connectivity index is 2.02. The summed E-state index contributed by atoms with van der Waals surface area (Å²) in [6, 6.07) is -0.341. The summed E-state index contributed by atoms with van der Waals surface area (Å²) in [5.74, 6) is 0.574. The van der Waals surface area contributed by atoms with Gasteiger partial charge in [0.2, 0.25) is 0 Å². The third-order valence-electron chi connectivity index (χ3n) is 3.89. The van der Waals surface area contributed by atoms with E-state index in [1.807, 2.05) is 0 Å². The van der Waals surface area contributed by atoms with Crippen LogP contribution in [0, 0.1) is 5.92 Å². The summed E-state index contributed by atoms with van der Waals surface area (Å²) in [6.07, 6.45) is 10.6. The molecule has 0 spiro atoms. The van der Waals surface area contributed by atoms with Crippen LogP contribution < -0.4 is 5.32 Å². The van der Waals surface area contributed by atoms with E-state index in [2.05, 4.69) is 19.2 Å². The molecule has 2 N–H and O–H groups in total. The first kappa shape index (κ1) is 16.8. The van der Waals surface area contributed by atoms with Gasteiger partial charge in [-0.15, -0.1) is 11.8 Å². The van der Waals surface area contributed by atoms with Crippen LogP contribution >= 0.6 is 11.8 Å². The first-order valence-electron chi connectivity index (χ1n) is 7.75. The molecule has 112 valence electrons. The topological polar surface area (TPSA) is 49.3 Å². The minimum absolute atomic E-state index is 0.334. The van der Waals surface area contributed by atoms with E-state index in [9.17, 15) is 4.79 Å². The third kappa shape index (κ3) is 6.66. The van der Waals surface area contributed by atoms with Crippen molar-refractivity contribution in [3.63, 3.8) is 0 Å². The minimum atomic E-state index is -0.710. The standard InChI is InChI=1S/C15H29NO2S/c1-3-4-5-6-7-8-9-10-12(2)14-16-13(11-19-14)15(17)18/h12-14,16H,3-11H2,1-2H3,(H,17,18)/t12?,13-,14?/m0/s1. The number of hydrogen-bond donors (Lipinski definition) is 2. The second-order valence-corrected chi connectivity index (χ2v) is 6.87. The van der Waals surface area contributed by atoms with Crippen molar-refractivity contribution in [3.8, 4) is 0 Å². The van der Waals surface area contributed by atoms with E-state index in [4.69, 9.17) is 5.11 Å². The van der Waals surface area contributed by atoms with Gasteiger partial charge in [0.1, 0.15) is 6.04 Å². The number of carboxylic acids is 1. The zero-order valence-corrected chi connectivity index (χ0v) is 13.2. The number of thioether (sulfide) groups is 1. The van der Waals surface area contributed by atoms with Gasteiger partial charge in [0, 0.05) is 5.75 Å². The highest BCUT2D eigenvalue weighted by molar-refractivity contribution is 8.00. The van der Waals surface area contributed by atoms with Crippen LogP contribution in [-0.4, -0.2) is 28.2 Å². The van der Waals surface area contributed by atoms with Gasteiger partial charge in [0.15, 0.2) is 0 Å². The van der Waals surface area contributed by atoms with Crippen molar-refractivity contribution >= 4 is 17.7 Å². The molecule has 1 aliphatic rings. The van der Waals surface area contributed by atoms with Gasteiger partial charge in [0.05, 0.1) is 5.37 Å². The molecule has 4 heteroatoms. The van der Waals surface area contributed by atoms with Crippen molar-refractivity contribution in [2.24, 2.45) is 5.92 Å². The van der Waals surface area contributed by atoms with Crippen molar-refractivity contribution in [2.75, 3.05) is 5.75 Å². The SMILES string of the molecule is CCCCCCCCCC(C)C1N[C@H](C(=O)O)CS1. The van der Waals surface area contributed by atoms with Gasteiger partial charge in [-0.1, -0.05) is 58.8 Å². The van der Waals surface area contributed by atoms with Gasteiger partial charge in [-0.05, 0) is 12.3 Å². The Morgan fingerprint density at radius 3 is 2.47 bits per heavy atom. The highest BCUT2D eigenvalue weighted by Crippen LogP contribution is 2.28. The lowest BCUT2D eigenvalue weighted by molar-refractivity contribution is -0.138. The van der Waals surface area contributed by atoms with Crippen molar-refractivity contribution in [2.45, 2.75) is 76.6 Å². The highest BCUT2D eigenvalue weighted by atomic mass is 32.2. The second-order valence-electron chi connectivity index (χ2n) is 5.70. The average Bonchev–Trinajstić information content (AvgIpc) is 2.87. The molecule has 1 heterocycles. The van der Waals surface area contributed by atoms with Crippen molar-refractivity contribution in [1.29, 1.82) is 0 Å². The first-order valence-corrected chi connectivity index (χ1v) is 8.80. The van der Waals surface area contributed by atoms with Gasteiger partial charge >= 0.3 is 5.97 Å². The van der Waals surface area contributed by atoms with E-state index < -0.39 is 5.97 Å². The molecule has 1 rings (SSSR count). The van der Waals surface area contributed by atoms with Gasteiger partial charge < -0.3 is 5.11 Å². The lowest BCUT2D eigenvalue weighted by Crippen LogP contribution is -2.38. The Morgan fingerprint density at radius 1 is 1.26 bits per heavy atom. The van der Waals surface area contributed by atoms with Crippen molar-refractivity contribution < 1.29 is 9.90 Å². The maximum absolute atomic E-state index is 10.9. The molecule has 0 aliphatic carbocycles. The summed E-state index contributed by atoms with van der Waals surface area (Å²) in [4.78, 5) is 10.9. The number of carboxylic acid groups (broad SMARTS) is 1. The van der Waals surface area contributed by atoms with Crippen molar-refractivity contribution in [1.82, 2.24) is 5.32 Å². The molecule has 0 aromatic rings. The Labute approximate surface area is 121 Å². The Morgan fingerprint density at radius 2 is 1.89 bits per heavy atom. The van der Waals surface area contributed by atoms with E-state index in [-0.39, 0.29) is 6.04 Å². The fraction of sp³-hybridized carbons (Fsp3) is 0.933. The second kappa shape index (κ2) is 9.65. The minimum Gasteiger partial charge on any atom is -0.480 e. The molecule has 0 aromatic heterocycles. The molecule has 0 bridgehead atoms. The summed E-state index contributed by atoms with van der Waals surface area (Å²) in [6.45, 7) is 4.49. The molecule has 0 saturated carbocycles. The first-order chi connectivity index (χ1) is 9.15. The van der Waals surface area contributed by atoms with Crippen LogP contribution in [0.2, 0.25) is 0 Å². The largest absolute Gasteiger partial charge is 0.480 e. The highest BCUT2D eigenvalue weighted by Gasteiger charge is 2.32. The number of rotatable bonds is 10. The molecule has 0 amide bonds. The number of unbranched alkanes of at least 4 members (excludes halogenated alkanes) is 6. The quantitative estimate of drug-likeness (QED) is 0.599. The zero-order chi connectivity index (χ0) is 14.1. The van der Waals surface area contributed by atoms with Crippen molar-refractivity contribution in [3.05, 3.63) is 0 Å². The summed E-state index contributed by atoms with van der Waals surface area (Å²) >= 11 is 1.77. The molecule has 3 atom stereocenters. The lowest BCUT2D eigenvalue weighted by Gasteiger charge is -2.19. The van der Waals surface area contributed by atoms with Crippen LogP contribution in [0.4, 0.5) is 0 Å². The summed E-state index contributed by atoms with van der Waals surface area (Å²) in [5, 5.41) is 12.5. The molecular formula is C15H29NO2S. The number of aliphatic carboxylic acids is 1. The van der Waals surface area contributed by atoms with Gasteiger partial charge in [-0.3, -0.25) is 10.1 Å². The smallest absolute Gasteiger partial charge is 0.321 e. The van der Waals surface area contributed by atoms with Crippen LogP contribution in [0.3, 0.4) is 0 Å². The van der Waals surface area contributed by atoms with Gasteiger partial charge in [-0.25, -0.2) is 0 Å². The van der Waals surface area contributed by atoms with E-state index in [0.29, 0.717) is 17.0 Å². The molecule has 2 unspecified atom stereocenters.